The van der Waals surface area contributed by atoms with E-state index in [0.29, 0.717) is 22.5 Å². The zero-order chi connectivity index (χ0) is 18.8. The van der Waals surface area contributed by atoms with Crippen LogP contribution in [0.3, 0.4) is 0 Å². The molecule has 2 aromatic heterocycles. The number of aromatic nitrogens is 2. The molecule has 0 atom stereocenters. The van der Waals surface area contributed by atoms with Crippen molar-refractivity contribution in [3.05, 3.63) is 61.8 Å². The SMILES string of the molecule is Cc1[nH]c(=O)c(C#N)c(C)c1CCC(=O)N=c1sc2ccccc2n1C. The molecule has 132 valence electrons. The van der Waals surface area contributed by atoms with Crippen molar-refractivity contribution in [3.63, 3.8) is 0 Å². The van der Waals surface area contributed by atoms with Gasteiger partial charge in [0.15, 0.2) is 4.80 Å². The van der Waals surface area contributed by atoms with Gasteiger partial charge < -0.3 is 9.55 Å². The molecule has 26 heavy (non-hydrogen) atoms. The molecule has 0 spiro atoms. The minimum absolute atomic E-state index is 0.103. The van der Waals surface area contributed by atoms with Crippen molar-refractivity contribution in [1.82, 2.24) is 9.55 Å². The number of hydrogen-bond donors (Lipinski definition) is 1. The number of amides is 1. The average molecular weight is 366 g/mol. The second kappa shape index (κ2) is 7.10. The first-order chi connectivity index (χ1) is 12.4. The highest BCUT2D eigenvalue weighted by molar-refractivity contribution is 7.16. The molecule has 0 aliphatic carbocycles. The van der Waals surface area contributed by atoms with E-state index in [1.165, 1.54) is 11.3 Å². The number of fused-ring (bicyclic) bond motifs is 1. The number of aryl methyl sites for hydroxylation is 2. The Morgan fingerprint density at radius 1 is 1.35 bits per heavy atom. The number of thiazole rings is 1. The van der Waals surface area contributed by atoms with Crippen LogP contribution >= 0.6 is 11.3 Å². The van der Waals surface area contributed by atoms with Gasteiger partial charge in [-0.05, 0) is 43.5 Å². The fourth-order valence-electron chi connectivity index (χ4n) is 3.00. The van der Waals surface area contributed by atoms with E-state index in [0.717, 1.165) is 15.8 Å². The molecule has 3 aromatic rings. The summed E-state index contributed by atoms with van der Waals surface area (Å²) in [5, 5.41) is 9.13. The fraction of sp³-hybridized carbons (Fsp3) is 0.263. The van der Waals surface area contributed by atoms with Crippen LogP contribution < -0.4 is 10.4 Å². The molecule has 7 heteroatoms. The van der Waals surface area contributed by atoms with Crippen LogP contribution in [0, 0.1) is 25.2 Å². The number of benzene rings is 1. The zero-order valence-electron chi connectivity index (χ0n) is 14.8. The molecular weight excluding hydrogens is 348 g/mol. The first-order valence-electron chi connectivity index (χ1n) is 8.17. The summed E-state index contributed by atoms with van der Waals surface area (Å²) in [6, 6.07) is 9.83. The molecule has 0 bridgehead atoms. The summed E-state index contributed by atoms with van der Waals surface area (Å²) in [5.74, 6) is -0.226. The maximum atomic E-state index is 12.3. The highest BCUT2D eigenvalue weighted by Gasteiger charge is 2.13. The molecule has 1 aromatic carbocycles. The molecule has 0 saturated heterocycles. The quantitative estimate of drug-likeness (QED) is 0.772. The number of rotatable bonds is 3. The summed E-state index contributed by atoms with van der Waals surface area (Å²) in [6.07, 6.45) is 0.646. The van der Waals surface area contributed by atoms with Crippen molar-refractivity contribution < 1.29 is 4.79 Å². The van der Waals surface area contributed by atoms with E-state index in [9.17, 15) is 9.59 Å². The molecule has 0 fully saturated rings. The van der Waals surface area contributed by atoms with Crippen LogP contribution in [0.2, 0.25) is 0 Å². The van der Waals surface area contributed by atoms with Gasteiger partial charge in [0.25, 0.3) is 5.56 Å². The topological polar surface area (TPSA) is 91.0 Å². The van der Waals surface area contributed by atoms with E-state index >= 15 is 0 Å². The molecule has 1 amide bonds. The van der Waals surface area contributed by atoms with Crippen LogP contribution in [0.4, 0.5) is 0 Å². The summed E-state index contributed by atoms with van der Waals surface area (Å²) in [4.78, 5) is 31.7. The summed E-state index contributed by atoms with van der Waals surface area (Å²) in [7, 11) is 1.89. The lowest BCUT2D eigenvalue weighted by Gasteiger charge is -2.09. The number of aromatic amines is 1. The lowest BCUT2D eigenvalue weighted by molar-refractivity contribution is -0.118. The predicted octanol–water partition coefficient (Wildman–Crippen LogP) is 2.48. The van der Waals surface area contributed by atoms with Crippen molar-refractivity contribution in [1.29, 1.82) is 5.26 Å². The monoisotopic (exact) mass is 366 g/mol. The van der Waals surface area contributed by atoms with Crippen LogP contribution in [0.1, 0.15) is 28.8 Å². The van der Waals surface area contributed by atoms with Gasteiger partial charge in [0.1, 0.15) is 11.6 Å². The number of carbonyl (C=O) groups is 1. The van der Waals surface area contributed by atoms with E-state index in [1.54, 1.807) is 13.8 Å². The van der Waals surface area contributed by atoms with Gasteiger partial charge in [0, 0.05) is 19.2 Å². The Hall–Kier alpha value is -2.98. The van der Waals surface area contributed by atoms with Gasteiger partial charge in [-0.15, -0.1) is 0 Å². The molecule has 0 saturated carbocycles. The van der Waals surface area contributed by atoms with Gasteiger partial charge in [-0.3, -0.25) is 9.59 Å². The summed E-state index contributed by atoms with van der Waals surface area (Å²) < 4.78 is 2.98. The Labute approximate surface area is 154 Å². The first kappa shape index (κ1) is 17.8. The van der Waals surface area contributed by atoms with E-state index in [-0.39, 0.29) is 23.5 Å². The second-order valence-corrected chi connectivity index (χ2v) is 7.10. The van der Waals surface area contributed by atoms with Gasteiger partial charge in [-0.2, -0.15) is 10.3 Å². The van der Waals surface area contributed by atoms with E-state index in [2.05, 4.69) is 9.98 Å². The van der Waals surface area contributed by atoms with Crippen LogP contribution in [-0.4, -0.2) is 15.5 Å². The third-order valence-corrected chi connectivity index (χ3v) is 5.56. The van der Waals surface area contributed by atoms with Crippen molar-refractivity contribution in [2.24, 2.45) is 12.0 Å². The van der Waals surface area contributed by atoms with Crippen molar-refractivity contribution >= 4 is 27.5 Å². The van der Waals surface area contributed by atoms with Gasteiger partial charge in [-0.1, -0.05) is 23.5 Å². The molecule has 3 rings (SSSR count). The minimum Gasteiger partial charge on any atom is -0.325 e. The molecule has 6 nitrogen and oxygen atoms in total. The summed E-state index contributed by atoms with van der Waals surface area (Å²) in [5.41, 5.74) is 2.89. The lowest BCUT2D eigenvalue weighted by atomic mass is 9.99. The minimum atomic E-state index is -0.389. The lowest BCUT2D eigenvalue weighted by Crippen LogP contribution is -2.17. The second-order valence-electron chi connectivity index (χ2n) is 6.09. The Morgan fingerprint density at radius 3 is 2.77 bits per heavy atom. The molecule has 0 aliphatic heterocycles. The number of H-pyrrole nitrogens is 1. The number of hydrogen-bond acceptors (Lipinski definition) is 4. The van der Waals surface area contributed by atoms with Crippen molar-refractivity contribution in [2.45, 2.75) is 26.7 Å². The highest BCUT2D eigenvalue weighted by atomic mass is 32.1. The Morgan fingerprint density at radius 2 is 2.08 bits per heavy atom. The molecule has 2 heterocycles. The zero-order valence-corrected chi connectivity index (χ0v) is 15.6. The van der Waals surface area contributed by atoms with Gasteiger partial charge in [0.2, 0.25) is 5.91 Å². The Balaban J connectivity index is 1.87. The third kappa shape index (κ3) is 3.24. The molecule has 0 unspecified atom stereocenters. The maximum Gasteiger partial charge on any atom is 0.266 e. The van der Waals surface area contributed by atoms with Gasteiger partial charge in [0.05, 0.1) is 10.2 Å². The van der Waals surface area contributed by atoms with E-state index in [4.69, 9.17) is 5.26 Å². The molecule has 0 aliphatic rings. The van der Waals surface area contributed by atoms with Gasteiger partial charge in [-0.25, -0.2) is 0 Å². The number of nitrogens with one attached hydrogen (secondary N) is 1. The molecular formula is C19H18N4O2S. The normalized spacial score (nSPS) is 11.7. The Kier molecular flexibility index (Phi) is 4.87. The third-order valence-electron chi connectivity index (χ3n) is 4.44. The Bertz CT molecular complexity index is 1170. The molecule has 0 radical (unpaired) electrons. The van der Waals surface area contributed by atoms with E-state index < -0.39 is 0 Å². The van der Waals surface area contributed by atoms with Crippen LogP contribution in [-0.2, 0) is 18.3 Å². The van der Waals surface area contributed by atoms with Crippen LogP contribution in [0.15, 0.2) is 34.1 Å². The van der Waals surface area contributed by atoms with Gasteiger partial charge >= 0.3 is 0 Å². The summed E-state index contributed by atoms with van der Waals surface area (Å²) >= 11 is 1.47. The van der Waals surface area contributed by atoms with E-state index in [1.807, 2.05) is 41.9 Å². The van der Waals surface area contributed by atoms with Crippen molar-refractivity contribution in [2.75, 3.05) is 0 Å². The molecule has 1 N–H and O–H groups in total. The number of pyridine rings is 1. The number of nitriles is 1. The number of nitrogens with zero attached hydrogens (tertiary/aromatic N) is 3. The average Bonchev–Trinajstić information content (AvgIpc) is 2.91. The van der Waals surface area contributed by atoms with Crippen molar-refractivity contribution in [3.8, 4) is 6.07 Å². The standard InChI is InChI=1S/C19H18N4O2S/c1-11-13(12(2)21-18(25)14(11)10-20)8-9-17(24)22-19-23(3)15-6-4-5-7-16(15)26-19/h4-7H,8-9H2,1-3H3,(H,21,25). The number of carbonyl (C=O) groups excluding carboxylic acids is 1. The smallest absolute Gasteiger partial charge is 0.266 e. The predicted molar refractivity (Wildman–Crippen MR) is 101 cm³/mol. The first-order valence-corrected chi connectivity index (χ1v) is 8.98. The maximum absolute atomic E-state index is 12.3. The highest BCUT2D eigenvalue weighted by Crippen LogP contribution is 2.16. The fourth-order valence-corrected chi connectivity index (χ4v) is 4.04. The largest absolute Gasteiger partial charge is 0.325 e. The van der Waals surface area contributed by atoms with Crippen LogP contribution in [0.5, 0.6) is 0 Å². The number of para-hydroxylation sites is 1. The van der Waals surface area contributed by atoms with Crippen LogP contribution in [0.25, 0.3) is 10.2 Å². The summed E-state index contributed by atoms with van der Waals surface area (Å²) in [6.45, 7) is 3.52.